The first-order valence-corrected chi connectivity index (χ1v) is 12.4. The Kier molecular flexibility index (Phi) is 7.54. The summed E-state index contributed by atoms with van der Waals surface area (Å²) < 4.78 is 6.69. The normalized spacial score (nSPS) is 16.6. The van der Waals surface area contributed by atoms with Crippen molar-refractivity contribution in [2.24, 2.45) is 0 Å². The number of para-hydroxylation sites is 1. The average Bonchev–Trinajstić information content (AvgIpc) is 2.96. The van der Waals surface area contributed by atoms with Crippen LogP contribution in [0.5, 0.6) is 5.75 Å². The van der Waals surface area contributed by atoms with Crippen LogP contribution in [0.2, 0.25) is 0 Å². The molecule has 0 saturated carbocycles. The van der Waals surface area contributed by atoms with E-state index in [9.17, 15) is 9.59 Å². The lowest BCUT2D eigenvalue weighted by atomic mass is 10.0. The van der Waals surface area contributed by atoms with Gasteiger partial charge in [-0.25, -0.2) is 0 Å². The van der Waals surface area contributed by atoms with Crippen molar-refractivity contribution in [1.82, 2.24) is 10.6 Å². The maximum atomic E-state index is 13.9. The molecule has 0 bridgehead atoms. The minimum atomic E-state index is -0.601. The van der Waals surface area contributed by atoms with Crippen LogP contribution in [0, 0.1) is 0 Å². The predicted octanol–water partition coefficient (Wildman–Crippen LogP) is 4.57. The molecule has 0 fully saturated rings. The maximum absolute atomic E-state index is 13.9. The van der Waals surface area contributed by atoms with Crippen molar-refractivity contribution in [2.75, 3.05) is 18.6 Å². The van der Waals surface area contributed by atoms with Crippen LogP contribution in [-0.4, -0.2) is 37.6 Å². The summed E-state index contributed by atoms with van der Waals surface area (Å²) in [5.74, 6) is 0.447. The predicted molar refractivity (Wildman–Crippen MR) is 139 cm³/mol. The van der Waals surface area contributed by atoms with E-state index >= 15 is 0 Å². The lowest BCUT2D eigenvalue weighted by Crippen LogP contribution is -2.52. The first-order valence-electron chi connectivity index (χ1n) is 11.6. The smallest absolute Gasteiger partial charge is 0.249 e. The minimum Gasteiger partial charge on any atom is -0.496 e. The lowest BCUT2D eigenvalue weighted by molar-refractivity contribution is -0.128. The molecule has 3 aromatic carbocycles. The summed E-state index contributed by atoms with van der Waals surface area (Å²) in [7, 11) is 1.65. The number of nitrogens with one attached hydrogen (secondary N) is 2. The molecule has 1 aliphatic rings. The number of hydrogen-bond donors (Lipinski definition) is 2. The molecule has 0 spiro atoms. The molecule has 1 heterocycles. The molecule has 0 aromatic heterocycles. The number of ether oxygens (including phenoxy) is 1. The monoisotopic (exact) mass is 523 g/mol. The fourth-order valence-corrected chi connectivity index (χ4v) is 4.94. The van der Waals surface area contributed by atoms with Crippen molar-refractivity contribution in [2.45, 2.75) is 45.3 Å². The van der Waals surface area contributed by atoms with Crippen LogP contribution in [-0.2, 0) is 22.6 Å². The van der Waals surface area contributed by atoms with E-state index in [4.69, 9.17) is 4.74 Å². The second-order valence-electron chi connectivity index (χ2n) is 8.54. The van der Waals surface area contributed by atoms with E-state index in [0.717, 1.165) is 37.8 Å². The number of halogens is 1. The summed E-state index contributed by atoms with van der Waals surface area (Å²) in [6, 6.07) is 17.1. The van der Waals surface area contributed by atoms with Gasteiger partial charge in [0.15, 0.2) is 0 Å². The van der Waals surface area contributed by atoms with Crippen LogP contribution in [0.1, 0.15) is 31.4 Å². The molecule has 178 valence electrons. The molecule has 2 amide bonds. The third-order valence-corrected chi connectivity index (χ3v) is 6.85. The zero-order valence-electron chi connectivity index (χ0n) is 19.7. The number of methoxy groups -OCH3 is 1. The van der Waals surface area contributed by atoms with Gasteiger partial charge in [-0.3, -0.25) is 9.59 Å². The molecular weight excluding hydrogens is 494 g/mol. The third-order valence-electron chi connectivity index (χ3n) is 6.36. The molecule has 4 rings (SSSR count). The van der Waals surface area contributed by atoms with Crippen LogP contribution < -0.4 is 20.3 Å². The fraction of sp³-hybridized carbons (Fsp3) is 0.333. The van der Waals surface area contributed by atoms with Crippen molar-refractivity contribution in [3.63, 3.8) is 0 Å². The lowest BCUT2D eigenvalue weighted by Gasteiger charge is -2.28. The zero-order valence-corrected chi connectivity index (χ0v) is 21.3. The van der Waals surface area contributed by atoms with Gasteiger partial charge in [-0.2, -0.15) is 0 Å². The number of anilines is 1. The standard InChI is InChI=1S/C27H30BrN3O3/c1-4-29-17(2)26(32)30-23-13-9-18-7-5-6-8-24(18)31(27(23)33)16-22-21-12-11-20(28)15-19(21)10-14-25(22)34-3/h5-8,10-12,14-15,17,23,29H,4,9,13,16H2,1-3H3,(H,30,32). The van der Waals surface area contributed by atoms with E-state index in [2.05, 4.69) is 38.7 Å². The van der Waals surface area contributed by atoms with Gasteiger partial charge in [0.1, 0.15) is 11.8 Å². The molecule has 2 N–H and O–H groups in total. The maximum Gasteiger partial charge on any atom is 0.249 e. The van der Waals surface area contributed by atoms with Gasteiger partial charge in [-0.05, 0) is 66.9 Å². The van der Waals surface area contributed by atoms with Gasteiger partial charge in [0.05, 0.1) is 19.7 Å². The largest absolute Gasteiger partial charge is 0.496 e. The highest BCUT2D eigenvalue weighted by atomic mass is 79.9. The Labute approximate surface area is 208 Å². The fourth-order valence-electron chi connectivity index (χ4n) is 4.57. The molecule has 7 heteroatoms. The zero-order chi connectivity index (χ0) is 24.2. The van der Waals surface area contributed by atoms with Crippen molar-refractivity contribution < 1.29 is 14.3 Å². The van der Waals surface area contributed by atoms with E-state index in [1.165, 1.54) is 0 Å². The van der Waals surface area contributed by atoms with Crippen LogP contribution in [0.15, 0.2) is 59.1 Å². The number of nitrogens with zero attached hydrogens (tertiary/aromatic N) is 1. The quantitative estimate of drug-likeness (QED) is 0.475. The minimum absolute atomic E-state index is 0.113. The van der Waals surface area contributed by atoms with E-state index in [-0.39, 0.29) is 17.9 Å². The average molecular weight is 524 g/mol. The molecule has 2 atom stereocenters. The summed E-state index contributed by atoms with van der Waals surface area (Å²) in [6.07, 6.45) is 1.26. The SMILES string of the molecule is CCNC(C)C(=O)NC1CCc2ccccc2N(Cc2c(OC)ccc3cc(Br)ccc23)C1=O. The number of carbonyl (C=O) groups is 2. The van der Waals surface area contributed by atoms with Gasteiger partial charge < -0.3 is 20.3 Å². The first kappa shape index (κ1) is 24.2. The number of carbonyl (C=O) groups excluding carboxylic acids is 2. The van der Waals surface area contributed by atoms with Gasteiger partial charge in [0.2, 0.25) is 11.8 Å². The van der Waals surface area contributed by atoms with Gasteiger partial charge in [0.25, 0.3) is 0 Å². The Balaban J connectivity index is 1.74. The Hall–Kier alpha value is -2.90. The molecule has 3 aromatic rings. The van der Waals surface area contributed by atoms with Crippen molar-refractivity contribution in [3.05, 3.63) is 70.2 Å². The van der Waals surface area contributed by atoms with E-state index < -0.39 is 6.04 Å². The van der Waals surface area contributed by atoms with E-state index in [0.29, 0.717) is 25.9 Å². The highest BCUT2D eigenvalue weighted by Crippen LogP contribution is 2.35. The van der Waals surface area contributed by atoms with Crippen molar-refractivity contribution in [1.29, 1.82) is 0 Å². The van der Waals surface area contributed by atoms with Gasteiger partial charge in [-0.15, -0.1) is 0 Å². The van der Waals surface area contributed by atoms with Crippen LogP contribution >= 0.6 is 15.9 Å². The highest BCUT2D eigenvalue weighted by molar-refractivity contribution is 9.10. The second kappa shape index (κ2) is 10.6. The Morgan fingerprint density at radius 3 is 2.76 bits per heavy atom. The number of amides is 2. The number of rotatable bonds is 7. The Bertz CT molecular complexity index is 1210. The summed E-state index contributed by atoms with van der Waals surface area (Å²) in [6.45, 7) is 4.79. The molecule has 6 nitrogen and oxygen atoms in total. The summed E-state index contributed by atoms with van der Waals surface area (Å²) >= 11 is 3.54. The Morgan fingerprint density at radius 2 is 2.00 bits per heavy atom. The molecule has 34 heavy (non-hydrogen) atoms. The topological polar surface area (TPSA) is 70.7 Å². The van der Waals surface area contributed by atoms with Crippen LogP contribution in [0.25, 0.3) is 10.8 Å². The number of likely N-dealkylation sites (N-methyl/N-ethyl adjacent to an activating group) is 1. The van der Waals surface area contributed by atoms with Gasteiger partial charge >= 0.3 is 0 Å². The summed E-state index contributed by atoms with van der Waals surface area (Å²) in [4.78, 5) is 28.4. The number of fused-ring (bicyclic) bond motifs is 2. The molecule has 0 aliphatic carbocycles. The van der Waals surface area contributed by atoms with Gasteiger partial charge in [-0.1, -0.05) is 53.2 Å². The molecule has 0 radical (unpaired) electrons. The number of benzene rings is 3. The van der Waals surface area contributed by atoms with Crippen LogP contribution in [0.3, 0.4) is 0 Å². The van der Waals surface area contributed by atoms with Crippen LogP contribution in [0.4, 0.5) is 5.69 Å². The van der Waals surface area contributed by atoms with E-state index in [1.54, 1.807) is 12.0 Å². The molecule has 0 saturated heterocycles. The number of aryl methyl sites for hydroxylation is 1. The Morgan fingerprint density at radius 1 is 1.21 bits per heavy atom. The van der Waals surface area contributed by atoms with Crippen molar-refractivity contribution >= 4 is 44.2 Å². The number of hydrogen-bond acceptors (Lipinski definition) is 4. The molecular formula is C27H30BrN3O3. The second-order valence-corrected chi connectivity index (χ2v) is 9.46. The van der Waals surface area contributed by atoms with Gasteiger partial charge in [0, 0.05) is 15.7 Å². The summed E-state index contributed by atoms with van der Waals surface area (Å²) in [5.41, 5.74) is 2.90. The first-order chi connectivity index (χ1) is 16.4. The van der Waals surface area contributed by atoms with E-state index in [1.807, 2.05) is 56.3 Å². The third kappa shape index (κ3) is 4.95. The molecule has 1 aliphatic heterocycles. The summed E-state index contributed by atoms with van der Waals surface area (Å²) in [5, 5.41) is 8.19. The molecule has 2 unspecified atom stereocenters. The van der Waals surface area contributed by atoms with Crippen molar-refractivity contribution in [3.8, 4) is 5.75 Å². The highest BCUT2D eigenvalue weighted by Gasteiger charge is 2.33.